The molecule has 0 aliphatic carbocycles. The molecule has 0 spiro atoms. The van der Waals surface area contributed by atoms with Crippen LogP contribution in [0.3, 0.4) is 0 Å². The molecule has 1 aliphatic rings. The average molecular weight is 1120 g/mol. The van der Waals surface area contributed by atoms with Gasteiger partial charge in [0.05, 0.1) is 61.9 Å². The topological polar surface area (TPSA) is 313 Å². The van der Waals surface area contributed by atoms with E-state index in [0.717, 1.165) is 6.26 Å². The number of esters is 1. The number of nitro benzene ring substituents is 2. The van der Waals surface area contributed by atoms with E-state index >= 15 is 0 Å². The van der Waals surface area contributed by atoms with Crippen molar-refractivity contribution < 1.29 is 179 Å². The van der Waals surface area contributed by atoms with Crippen molar-refractivity contribution in [2.24, 2.45) is 5.73 Å². The van der Waals surface area contributed by atoms with Crippen LogP contribution in [0.2, 0.25) is 0 Å². The minimum absolute atomic E-state index is 0. The predicted molar refractivity (Wildman–Crippen MR) is 246 cm³/mol. The molecule has 0 bridgehead atoms. The Kier molecular flexibility index (Phi) is 30.6. The number of nitrogens with zero attached hydrogens (tertiary/aromatic N) is 3. The Balaban J connectivity index is 0. The molecule has 0 fully saturated rings. The van der Waals surface area contributed by atoms with Crippen LogP contribution in [0.15, 0.2) is 72.8 Å². The standard InChI is InChI=1S/C20H22N2O7S.C12H19NO4S.C9H8BrNO4.CH2O3.2K.H/c1-4-29-18-10-13(8-9-17(18)28-2)16(12-30(3,26)27)21-11-14-6-5-7-15(22(24)25)19(14)20(21)23;1-4-17-12-7-9(5-6-11(12)16-2)10(13)8-18(3,14)15;1-15-9(12)8-6(5-10)3-2-4-7(8)11(13)14;2-1-4-3;;;/h5-10,16H,4,11-12H2,1-3H3;5-7,10H,4,8,13H2,1-3H3;2-4H,5H2,1H3;1,3H;;;/q;;;;2*+1;-1/p-1/t16-;10-;;;;;/m11...../s1. The van der Waals surface area contributed by atoms with Crippen molar-refractivity contribution in [1.29, 1.82) is 0 Å². The van der Waals surface area contributed by atoms with E-state index in [0.29, 0.717) is 63.8 Å². The number of methoxy groups -OCH3 is 3. The Morgan fingerprint density at radius 3 is 1.72 bits per heavy atom. The monoisotopic (exact) mass is 1120 g/mol. The van der Waals surface area contributed by atoms with Gasteiger partial charge in [0.2, 0.25) is 0 Å². The maximum Gasteiger partial charge on any atom is 1.00 e. The number of halogens is 1. The van der Waals surface area contributed by atoms with Crippen molar-refractivity contribution in [2.75, 3.05) is 58.6 Å². The summed E-state index contributed by atoms with van der Waals surface area (Å²) in [5.41, 5.74) is 7.62. The van der Waals surface area contributed by atoms with Crippen molar-refractivity contribution in [3.8, 4) is 23.0 Å². The second-order valence-corrected chi connectivity index (χ2v) is 18.8. The molecule has 1 amide bonds. The molecule has 0 saturated carbocycles. The SMILES string of the molecule is CCOc1cc([C@@H](CS(C)(=O)=O)N2Cc3cccc([N+](=O)[O-])c3C2=O)ccc1OC.CCOc1cc([C@H](N)CS(C)(=O)=O)ccc1OC.COC(=O)c1c(CBr)cccc1[N+](=O)[O-].O=CO[O-].[H-].[K+].[K+]. The van der Waals surface area contributed by atoms with E-state index in [2.05, 4.69) is 25.6 Å². The van der Waals surface area contributed by atoms with E-state index in [1.807, 2.05) is 6.92 Å². The van der Waals surface area contributed by atoms with Crippen LogP contribution < -0.4 is 133 Å². The Morgan fingerprint density at radius 1 is 0.812 bits per heavy atom. The number of carbonyl (C=O) groups is 3. The first-order valence-corrected chi connectivity index (χ1v) is 24.7. The van der Waals surface area contributed by atoms with Gasteiger partial charge in [0, 0.05) is 42.6 Å². The van der Waals surface area contributed by atoms with E-state index in [9.17, 15) is 46.7 Å². The number of nitro groups is 2. The van der Waals surface area contributed by atoms with Crippen molar-refractivity contribution in [3.05, 3.63) is 126 Å². The summed E-state index contributed by atoms with van der Waals surface area (Å²) in [4.78, 5) is 58.0. The third-order valence-corrected chi connectivity index (χ3v) is 11.6. The quantitative estimate of drug-likeness (QED) is 0.0231. The van der Waals surface area contributed by atoms with Gasteiger partial charge in [-0.25, -0.2) is 21.6 Å². The minimum atomic E-state index is -3.49. The van der Waals surface area contributed by atoms with Crippen LogP contribution in [-0.4, -0.2) is 108 Å². The summed E-state index contributed by atoms with van der Waals surface area (Å²) in [5, 5.41) is 30.9. The van der Waals surface area contributed by atoms with Gasteiger partial charge in [-0.1, -0.05) is 52.3 Å². The van der Waals surface area contributed by atoms with Crippen LogP contribution in [0.25, 0.3) is 0 Å². The van der Waals surface area contributed by atoms with Crippen LogP contribution in [0.5, 0.6) is 23.0 Å². The molecule has 2 N–H and O–H groups in total. The van der Waals surface area contributed by atoms with Gasteiger partial charge in [0.25, 0.3) is 23.8 Å². The van der Waals surface area contributed by atoms with Crippen LogP contribution in [-0.2, 0) is 46.0 Å². The van der Waals surface area contributed by atoms with Crippen molar-refractivity contribution >= 4 is 65.3 Å². The maximum atomic E-state index is 13.1. The number of rotatable bonds is 18. The number of carbonyl (C=O) groups excluding carboxylic acids is 3. The fourth-order valence-corrected chi connectivity index (χ4v) is 8.65. The third-order valence-electron chi connectivity index (χ3n) is 9.15. The molecule has 0 unspecified atom stereocenters. The summed E-state index contributed by atoms with van der Waals surface area (Å²) in [6.07, 6.45) is 2.25. The zero-order chi connectivity index (χ0) is 50.6. The van der Waals surface area contributed by atoms with E-state index in [1.165, 1.54) is 49.6 Å². The van der Waals surface area contributed by atoms with E-state index in [-0.39, 0.29) is 151 Å². The number of hydrogen-bond donors (Lipinski definition) is 1. The normalized spacial score (nSPS) is 12.1. The molecule has 0 aromatic heterocycles. The molecule has 0 radical (unpaired) electrons. The summed E-state index contributed by atoms with van der Waals surface area (Å²) < 4.78 is 72.7. The number of nitrogens with two attached hydrogens (primary N) is 1. The molecular weight excluding hydrogens is 1070 g/mol. The number of amides is 1. The number of fused-ring (bicyclic) bond motifs is 1. The molecule has 2 atom stereocenters. The molecule has 1 heterocycles. The summed E-state index contributed by atoms with van der Waals surface area (Å²) in [7, 11) is -2.36. The summed E-state index contributed by atoms with van der Waals surface area (Å²) in [6.45, 7) is 4.44. The van der Waals surface area contributed by atoms with Gasteiger partial charge in [-0.2, -0.15) is 0 Å². The van der Waals surface area contributed by atoms with Crippen LogP contribution >= 0.6 is 15.9 Å². The molecule has 4 aromatic rings. The van der Waals surface area contributed by atoms with E-state index in [1.54, 1.807) is 62.6 Å². The fourth-order valence-electron chi connectivity index (χ4n) is 6.39. The third kappa shape index (κ3) is 20.5. The summed E-state index contributed by atoms with van der Waals surface area (Å²) >= 11 is 3.16. The second kappa shape index (κ2) is 32.0. The van der Waals surface area contributed by atoms with Crippen molar-refractivity contribution in [2.45, 2.75) is 37.8 Å². The van der Waals surface area contributed by atoms with Crippen LogP contribution in [0.1, 0.15) is 70.3 Å². The molecule has 368 valence electrons. The van der Waals surface area contributed by atoms with Crippen molar-refractivity contribution in [3.63, 3.8) is 0 Å². The average Bonchev–Trinajstić information content (AvgIpc) is 3.63. The Labute approximate surface area is 494 Å². The molecule has 27 heteroatoms. The molecule has 0 saturated heterocycles. The van der Waals surface area contributed by atoms with Gasteiger partial charge in [0.15, 0.2) is 23.0 Å². The zero-order valence-electron chi connectivity index (χ0n) is 40.4. The minimum Gasteiger partial charge on any atom is -1.00 e. The smallest absolute Gasteiger partial charge is 1.00 e. The Hall–Kier alpha value is -3.14. The van der Waals surface area contributed by atoms with Crippen LogP contribution in [0, 0.1) is 20.2 Å². The van der Waals surface area contributed by atoms with E-state index in [4.69, 9.17) is 34.7 Å². The summed E-state index contributed by atoms with van der Waals surface area (Å²) in [5.74, 6) is 0.380. The number of benzene rings is 4. The first kappa shape index (κ1) is 65.9. The Morgan fingerprint density at radius 2 is 1.29 bits per heavy atom. The van der Waals surface area contributed by atoms with E-state index < -0.39 is 53.5 Å². The summed E-state index contributed by atoms with van der Waals surface area (Å²) in [6, 6.07) is 17.6. The van der Waals surface area contributed by atoms with Gasteiger partial charge in [-0.05, 0) is 60.4 Å². The first-order valence-electron chi connectivity index (χ1n) is 19.5. The molecular formula is C42H51BrK2N4O18S2. The van der Waals surface area contributed by atoms with Crippen LogP contribution in [0.4, 0.5) is 11.4 Å². The predicted octanol–water partition coefficient (Wildman–Crippen LogP) is -1.29. The molecule has 22 nitrogen and oxygen atoms in total. The van der Waals surface area contributed by atoms with Crippen molar-refractivity contribution in [1.82, 2.24) is 4.90 Å². The fraction of sp³-hybridized carbons (Fsp3) is 0.357. The number of hydrogen-bond acceptors (Lipinski definition) is 19. The Bertz CT molecular complexity index is 2620. The van der Waals surface area contributed by atoms with Gasteiger partial charge in [0.1, 0.15) is 30.8 Å². The molecule has 1 aliphatic heterocycles. The number of alkyl halides is 1. The molecule has 4 aromatic carbocycles. The molecule has 5 rings (SSSR count). The maximum absolute atomic E-state index is 13.1. The zero-order valence-corrected chi connectivity index (χ0v) is 48.8. The number of ether oxygens (including phenoxy) is 5. The number of sulfone groups is 2. The van der Waals surface area contributed by atoms with Gasteiger partial charge in [-0.3, -0.25) is 29.8 Å². The largest absolute Gasteiger partial charge is 1.00 e. The van der Waals surface area contributed by atoms with Gasteiger partial charge in [-0.15, -0.1) is 0 Å². The second-order valence-electron chi connectivity index (χ2n) is 13.9. The van der Waals surface area contributed by atoms with Gasteiger partial charge < -0.3 is 45.9 Å². The van der Waals surface area contributed by atoms with Gasteiger partial charge >= 0.3 is 109 Å². The first-order chi connectivity index (χ1) is 31.6. The molecule has 69 heavy (non-hydrogen) atoms.